The van der Waals surface area contributed by atoms with Crippen molar-refractivity contribution in [2.45, 2.75) is 0 Å². The summed E-state index contributed by atoms with van der Waals surface area (Å²) in [5.74, 6) is -0.295. The van der Waals surface area contributed by atoms with Crippen LogP contribution in [-0.4, -0.2) is 24.1 Å². The van der Waals surface area contributed by atoms with Crippen molar-refractivity contribution in [2.75, 3.05) is 18.4 Å². The van der Waals surface area contributed by atoms with Gasteiger partial charge in [0, 0.05) is 18.8 Å². The zero-order chi connectivity index (χ0) is 15.1. The third-order valence-electron chi connectivity index (χ3n) is 3.01. The molecule has 0 unspecified atom stereocenters. The van der Waals surface area contributed by atoms with Gasteiger partial charge < -0.3 is 15.7 Å². The number of para-hydroxylation sites is 1. The van der Waals surface area contributed by atoms with Crippen molar-refractivity contribution in [1.29, 1.82) is 0 Å². The van der Waals surface area contributed by atoms with E-state index in [0.717, 1.165) is 11.3 Å². The molecule has 2 aromatic carbocycles. The molecule has 1 amide bonds. The van der Waals surface area contributed by atoms with Gasteiger partial charge in [0.2, 0.25) is 0 Å². The Morgan fingerprint density at radius 2 is 1.95 bits per heavy atom. The first kappa shape index (κ1) is 14.7. The van der Waals surface area contributed by atoms with Crippen LogP contribution in [0.2, 0.25) is 0 Å². The van der Waals surface area contributed by atoms with Crippen LogP contribution in [0.4, 0.5) is 5.69 Å². The third-order valence-corrected chi connectivity index (χ3v) is 3.01. The Morgan fingerprint density at radius 3 is 2.71 bits per heavy atom. The summed E-state index contributed by atoms with van der Waals surface area (Å²) in [5.41, 5.74) is 2.30. The Morgan fingerprint density at radius 1 is 1.14 bits per heavy atom. The first-order valence-electron chi connectivity index (χ1n) is 6.73. The molecule has 2 rings (SSSR count). The van der Waals surface area contributed by atoms with E-state index in [1.165, 1.54) is 6.07 Å². The number of phenols is 1. The zero-order valence-corrected chi connectivity index (χ0v) is 11.7. The molecule has 0 aliphatic rings. The number of benzene rings is 2. The van der Waals surface area contributed by atoms with Crippen molar-refractivity contribution < 1.29 is 9.90 Å². The molecular formula is C17H18N2O2. The minimum Gasteiger partial charge on any atom is -0.507 e. The predicted octanol–water partition coefficient (Wildman–Crippen LogP) is 2.88. The summed E-state index contributed by atoms with van der Waals surface area (Å²) in [6, 6.07) is 14.3. The number of carbonyl (C=O) groups excluding carboxylic acids is 1. The summed E-state index contributed by atoms with van der Waals surface area (Å²) in [4.78, 5) is 11.9. The summed E-state index contributed by atoms with van der Waals surface area (Å²) < 4.78 is 0. The number of nitrogens with one attached hydrogen (secondary N) is 2. The van der Waals surface area contributed by atoms with Gasteiger partial charge in [0.25, 0.3) is 5.91 Å². The molecule has 108 valence electrons. The van der Waals surface area contributed by atoms with Crippen molar-refractivity contribution >= 4 is 17.7 Å². The molecule has 0 saturated heterocycles. The molecule has 21 heavy (non-hydrogen) atoms. The highest BCUT2D eigenvalue weighted by Crippen LogP contribution is 2.15. The Hall–Kier alpha value is -2.75. The molecule has 0 bridgehead atoms. The van der Waals surface area contributed by atoms with Crippen LogP contribution in [0.15, 0.2) is 55.1 Å². The number of rotatable bonds is 6. The van der Waals surface area contributed by atoms with Gasteiger partial charge in [-0.3, -0.25) is 4.79 Å². The van der Waals surface area contributed by atoms with Crippen LogP contribution in [0, 0.1) is 0 Å². The van der Waals surface area contributed by atoms with Gasteiger partial charge in [-0.15, -0.1) is 0 Å². The van der Waals surface area contributed by atoms with Crippen LogP contribution < -0.4 is 10.6 Å². The van der Waals surface area contributed by atoms with E-state index in [4.69, 9.17) is 0 Å². The van der Waals surface area contributed by atoms with E-state index in [2.05, 4.69) is 17.2 Å². The summed E-state index contributed by atoms with van der Waals surface area (Å²) in [7, 11) is 0. The molecule has 0 aromatic heterocycles. The van der Waals surface area contributed by atoms with Crippen LogP contribution in [0.1, 0.15) is 15.9 Å². The fourth-order valence-corrected chi connectivity index (χ4v) is 1.92. The summed E-state index contributed by atoms with van der Waals surface area (Å²) in [5, 5.41) is 15.6. The van der Waals surface area contributed by atoms with Crippen LogP contribution in [0.5, 0.6) is 5.75 Å². The number of hydrogen-bond acceptors (Lipinski definition) is 3. The second-order valence-electron chi connectivity index (χ2n) is 4.53. The fourth-order valence-electron chi connectivity index (χ4n) is 1.92. The van der Waals surface area contributed by atoms with Crippen molar-refractivity contribution in [3.05, 3.63) is 66.2 Å². The second kappa shape index (κ2) is 7.14. The molecule has 0 atom stereocenters. The molecule has 0 fully saturated rings. The van der Waals surface area contributed by atoms with E-state index >= 15 is 0 Å². The fraction of sp³-hybridized carbons (Fsp3) is 0.118. The quantitative estimate of drug-likeness (QED) is 0.714. The zero-order valence-electron chi connectivity index (χ0n) is 11.7. The lowest BCUT2D eigenvalue weighted by Crippen LogP contribution is -2.28. The molecule has 4 heteroatoms. The average molecular weight is 282 g/mol. The van der Waals surface area contributed by atoms with E-state index in [0.29, 0.717) is 13.1 Å². The highest BCUT2D eigenvalue weighted by atomic mass is 16.3. The molecule has 0 aliphatic heterocycles. The number of carbonyl (C=O) groups is 1. The largest absolute Gasteiger partial charge is 0.507 e. The summed E-state index contributed by atoms with van der Waals surface area (Å²) >= 11 is 0. The van der Waals surface area contributed by atoms with Crippen LogP contribution in [-0.2, 0) is 0 Å². The number of aromatic hydroxyl groups is 1. The number of amides is 1. The van der Waals surface area contributed by atoms with Gasteiger partial charge >= 0.3 is 0 Å². The topological polar surface area (TPSA) is 61.4 Å². The monoisotopic (exact) mass is 282 g/mol. The van der Waals surface area contributed by atoms with Gasteiger partial charge in [-0.2, -0.15) is 0 Å². The van der Waals surface area contributed by atoms with Crippen molar-refractivity contribution in [3.63, 3.8) is 0 Å². The number of hydrogen-bond donors (Lipinski definition) is 3. The predicted molar refractivity (Wildman–Crippen MR) is 85.5 cm³/mol. The minimum absolute atomic E-state index is 0.0124. The van der Waals surface area contributed by atoms with E-state index in [1.807, 2.05) is 24.3 Å². The summed E-state index contributed by atoms with van der Waals surface area (Å²) in [6.45, 7) is 4.79. The van der Waals surface area contributed by atoms with Crippen LogP contribution in [0.3, 0.4) is 0 Å². The Labute approximate surface area is 124 Å². The Balaban J connectivity index is 1.80. The van der Waals surface area contributed by atoms with Gasteiger partial charge in [-0.25, -0.2) is 0 Å². The SMILES string of the molecule is C=Cc1cccc(NCCNC(=O)c2ccccc2O)c1. The number of phenolic OH excluding ortho intramolecular Hbond substituents is 1. The lowest BCUT2D eigenvalue weighted by Gasteiger charge is -2.09. The molecule has 4 nitrogen and oxygen atoms in total. The van der Waals surface area contributed by atoms with Crippen molar-refractivity contribution in [3.8, 4) is 5.75 Å². The molecule has 0 heterocycles. The molecule has 0 spiro atoms. The van der Waals surface area contributed by atoms with Gasteiger partial charge in [0.05, 0.1) is 5.56 Å². The molecule has 0 aliphatic carbocycles. The van der Waals surface area contributed by atoms with Crippen LogP contribution in [0.25, 0.3) is 6.08 Å². The average Bonchev–Trinajstić information content (AvgIpc) is 2.52. The van der Waals surface area contributed by atoms with Crippen molar-refractivity contribution in [1.82, 2.24) is 5.32 Å². The maximum atomic E-state index is 11.9. The minimum atomic E-state index is -0.283. The molecule has 0 saturated carbocycles. The van der Waals surface area contributed by atoms with Crippen molar-refractivity contribution in [2.24, 2.45) is 0 Å². The molecule has 3 N–H and O–H groups in total. The third kappa shape index (κ3) is 4.11. The van der Waals surface area contributed by atoms with E-state index in [1.54, 1.807) is 24.3 Å². The lowest BCUT2D eigenvalue weighted by atomic mass is 10.2. The summed E-state index contributed by atoms with van der Waals surface area (Å²) in [6.07, 6.45) is 1.78. The first-order valence-corrected chi connectivity index (χ1v) is 6.73. The first-order chi connectivity index (χ1) is 10.2. The van der Waals surface area contributed by atoms with E-state index < -0.39 is 0 Å². The maximum Gasteiger partial charge on any atom is 0.255 e. The van der Waals surface area contributed by atoms with Gasteiger partial charge in [0.1, 0.15) is 5.75 Å². The number of anilines is 1. The lowest BCUT2D eigenvalue weighted by molar-refractivity contribution is 0.0952. The highest BCUT2D eigenvalue weighted by molar-refractivity contribution is 5.96. The maximum absolute atomic E-state index is 11.9. The Bertz CT molecular complexity index is 638. The second-order valence-corrected chi connectivity index (χ2v) is 4.53. The van der Waals surface area contributed by atoms with E-state index in [-0.39, 0.29) is 17.2 Å². The molecular weight excluding hydrogens is 264 g/mol. The van der Waals surface area contributed by atoms with Gasteiger partial charge in [-0.1, -0.05) is 36.9 Å². The van der Waals surface area contributed by atoms with E-state index in [9.17, 15) is 9.90 Å². The standard InChI is InChI=1S/C17H18N2O2/c1-2-13-6-5-7-14(12-13)18-10-11-19-17(21)15-8-3-4-9-16(15)20/h2-9,12,18,20H,1,10-11H2,(H,19,21). The Kier molecular flexibility index (Phi) is 4.99. The normalized spacial score (nSPS) is 9.90. The highest BCUT2D eigenvalue weighted by Gasteiger charge is 2.08. The van der Waals surface area contributed by atoms with Gasteiger partial charge in [-0.05, 0) is 29.8 Å². The molecule has 0 radical (unpaired) electrons. The van der Waals surface area contributed by atoms with Gasteiger partial charge in [0.15, 0.2) is 0 Å². The smallest absolute Gasteiger partial charge is 0.255 e. The molecule has 2 aromatic rings. The van der Waals surface area contributed by atoms with Crippen LogP contribution >= 0.6 is 0 Å².